The zero-order valence-corrected chi connectivity index (χ0v) is 14.0. The molecule has 2 aromatic rings. The van der Waals surface area contributed by atoms with Crippen molar-refractivity contribution in [3.05, 3.63) is 67.8 Å². The normalized spacial score (nSPS) is 21.4. The van der Waals surface area contributed by atoms with Gasteiger partial charge in [-0.3, -0.25) is 24.5 Å². The molecule has 0 aromatic carbocycles. The van der Waals surface area contributed by atoms with Crippen LogP contribution in [0.4, 0.5) is 5.82 Å². The number of anilines is 1. The van der Waals surface area contributed by atoms with Crippen LogP contribution in [0.25, 0.3) is 0 Å². The number of Topliss-reactive ketones (excluding diaryl/α,β-unsaturated/α-hetero) is 1. The Morgan fingerprint density at radius 2 is 1.80 bits per heavy atom. The molecule has 1 aliphatic carbocycles. The molecule has 0 saturated carbocycles. The summed E-state index contributed by atoms with van der Waals surface area (Å²) in [5.74, 6) is -0.130. The minimum absolute atomic E-state index is 0.0248. The summed E-state index contributed by atoms with van der Waals surface area (Å²) in [6.07, 6.45) is 4.36. The van der Waals surface area contributed by atoms with Crippen LogP contribution in [0.15, 0.2) is 45.4 Å². The third-order valence-corrected chi connectivity index (χ3v) is 4.79. The molecule has 7 nitrogen and oxygen atoms in total. The van der Waals surface area contributed by atoms with Crippen LogP contribution >= 0.6 is 0 Å². The number of aromatic amines is 2. The minimum atomic E-state index is -0.574. The van der Waals surface area contributed by atoms with Crippen molar-refractivity contribution >= 4 is 11.6 Å². The van der Waals surface area contributed by atoms with E-state index in [0.29, 0.717) is 29.8 Å². The highest BCUT2D eigenvalue weighted by molar-refractivity contribution is 6.01. The van der Waals surface area contributed by atoms with E-state index >= 15 is 0 Å². The molecule has 0 amide bonds. The number of allylic oxidation sites excluding steroid dienone is 2. The molecule has 7 heteroatoms. The number of ketones is 1. The van der Waals surface area contributed by atoms with Crippen LogP contribution in [0, 0.1) is 5.41 Å². The first kappa shape index (κ1) is 15.6. The summed E-state index contributed by atoms with van der Waals surface area (Å²) in [6.45, 7) is 4.07. The second-order valence-corrected chi connectivity index (χ2v) is 7.37. The lowest BCUT2D eigenvalue weighted by atomic mass is 9.69. The highest BCUT2D eigenvalue weighted by Gasteiger charge is 2.42. The lowest BCUT2D eigenvalue weighted by Crippen LogP contribution is -2.38. The molecule has 2 aromatic heterocycles. The maximum absolute atomic E-state index is 12.9. The number of hydrogen-bond donors (Lipinski definition) is 3. The molecular weight excluding hydrogens is 320 g/mol. The molecular formula is C18H18N4O3. The zero-order chi connectivity index (χ0) is 17.8. The van der Waals surface area contributed by atoms with Crippen molar-refractivity contribution in [1.29, 1.82) is 0 Å². The van der Waals surface area contributed by atoms with Gasteiger partial charge in [-0.05, 0) is 29.5 Å². The molecule has 3 N–H and O–H groups in total. The van der Waals surface area contributed by atoms with Gasteiger partial charge >= 0.3 is 5.69 Å². The zero-order valence-electron chi connectivity index (χ0n) is 14.0. The van der Waals surface area contributed by atoms with Crippen molar-refractivity contribution in [2.24, 2.45) is 5.41 Å². The van der Waals surface area contributed by atoms with Gasteiger partial charge in [0.15, 0.2) is 5.78 Å². The van der Waals surface area contributed by atoms with Gasteiger partial charge in [-0.1, -0.05) is 13.8 Å². The SMILES string of the molecule is CC1(C)CC(=O)C2=C(C1)Nc1[nH]c(=O)[nH]c(=O)c1C2c1ccncc1. The number of rotatable bonds is 1. The summed E-state index contributed by atoms with van der Waals surface area (Å²) >= 11 is 0. The predicted molar refractivity (Wildman–Crippen MR) is 92.4 cm³/mol. The van der Waals surface area contributed by atoms with Gasteiger partial charge in [0.1, 0.15) is 5.82 Å². The maximum atomic E-state index is 12.9. The van der Waals surface area contributed by atoms with Crippen LogP contribution in [-0.2, 0) is 4.79 Å². The van der Waals surface area contributed by atoms with Gasteiger partial charge in [-0.15, -0.1) is 0 Å². The second-order valence-electron chi connectivity index (χ2n) is 7.37. The van der Waals surface area contributed by atoms with Crippen LogP contribution < -0.4 is 16.6 Å². The van der Waals surface area contributed by atoms with Gasteiger partial charge in [-0.25, -0.2) is 4.79 Å². The molecule has 25 heavy (non-hydrogen) atoms. The summed E-state index contributed by atoms with van der Waals surface area (Å²) in [5.41, 5.74) is 1.30. The highest BCUT2D eigenvalue weighted by atomic mass is 16.2. The van der Waals surface area contributed by atoms with Crippen LogP contribution in [0.1, 0.15) is 43.7 Å². The van der Waals surface area contributed by atoms with Crippen molar-refractivity contribution < 1.29 is 4.79 Å². The molecule has 0 spiro atoms. The van der Waals surface area contributed by atoms with Crippen LogP contribution in [0.5, 0.6) is 0 Å². The third-order valence-electron chi connectivity index (χ3n) is 4.79. The van der Waals surface area contributed by atoms with Gasteiger partial charge in [-0.2, -0.15) is 0 Å². The van der Waals surface area contributed by atoms with Gasteiger partial charge in [0.05, 0.1) is 5.56 Å². The molecule has 3 heterocycles. The number of carbonyl (C=O) groups excluding carboxylic acids is 1. The molecule has 1 unspecified atom stereocenters. The van der Waals surface area contributed by atoms with E-state index < -0.39 is 17.2 Å². The average Bonchev–Trinajstić information content (AvgIpc) is 2.52. The monoisotopic (exact) mass is 338 g/mol. The van der Waals surface area contributed by atoms with Crippen LogP contribution in [0.3, 0.4) is 0 Å². The van der Waals surface area contributed by atoms with E-state index in [9.17, 15) is 14.4 Å². The summed E-state index contributed by atoms with van der Waals surface area (Å²) in [4.78, 5) is 46.1. The smallest absolute Gasteiger partial charge is 0.327 e. The Morgan fingerprint density at radius 1 is 1.08 bits per heavy atom. The lowest BCUT2D eigenvalue weighted by Gasteiger charge is -2.38. The molecule has 0 fully saturated rings. The number of H-pyrrole nitrogens is 2. The minimum Gasteiger partial charge on any atom is -0.344 e. The molecule has 1 aliphatic heterocycles. The number of hydrogen-bond acceptors (Lipinski definition) is 5. The molecule has 0 bridgehead atoms. The first-order valence-electron chi connectivity index (χ1n) is 8.15. The fraction of sp³-hybridized carbons (Fsp3) is 0.333. The number of nitrogens with one attached hydrogen (secondary N) is 3. The largest absolute Gasteiger partial charge is 0.344 e. The fourth-order valence-electron chi connectivity index (χ4n) is 3.84. The number of pyridine rings is 1. The average molecular weight is 338 g/mol. The summed E-state index contributed by atoms with van der Waals surface area (Å²) in [7, 11) is 0. The highest BCUT2D eigenvalue weighted by Crippen LogP contribution is 2.47. The van der Waals surface area contributed by atoms with Crippen molar-refractivity contribution in [1.82, 2.24) is 15.0 Å². The second kappa shape index (κ2) is 5.27. The van der Waals surface area contributed by atoms with Crippen molar-refractivity contribution in [2.45, 2.75) is 32.6 Å². The van der Waals surface area contributed by atoms with Crippen LogP contribution in [0.2, 0.25) is 0 Å². The lowest BCUT2D eigenvalue weighted by molar-refractivity contribution is -0.118. The number of aromatic nitrogens is 3. The van der Waals surface area contributed by atoms with Gasteiger partial charge in [0.25, 0.3) is 5.56 Å². The Bertz CT molecular complexity index is 1010. The van der Waals surface area contributed by atoms with Crippen LogP contribution in [-0.4, -0.2) is 20.7 Å². The first-order chi connectivity index (χ1) is 11.9. The van der Waals surface area contributed by atoms with Crippen molar-refractivity contribution in [3.8, 4) is 0 Å². The summed E-state index contributed by atoms with van der Waals surface area (Å²) in [5, 5.41) is 3.13. The molecule has 2 aliphatic rings. The fourth-order valence-corrected chi connectivity index (χ4v) is 3.84. The Kier molecular flexibility index (Phi) is 3.28. The Balaban J connectivity index is 2.01. The number of nitrogens with zero attached hydrogens (tertiary/aromatic N) is 1. The van der Waals surface area contributed by atoms with Crippen molar-refractivity contribution in [3.63, 3.8) is 0 Å². The van der Waals surface area contributed by atoms with E-state index in [0.717, 1.165) is 11.3 Å². The standard InChI is InChI=1S/C18H18N4O3/c1-18(2)7-10-13(11(23)8-18)12(9-3-5-19-6-4-9)14-15(20-10)21-17(25)22-16(14)24/h3-6,12H,7-8H2,1-2H3,(H3,20,21,22,24,25). The van der Waals surface area contributed by atoms with E-state index in [2.05, 4.69) is 20.3 Å². The van der Waals surface area contributed by atoms with E-state index in [-0.39, 0.29) is 11.2 Å². The van der Waals surface area contributed by atoms with Gasteiger partial charge < -0.3 is 5.32 Å². The molecule has 1 atom stereocenters. The molecule has 128 valence electrons. The Hall–Kier alpha value is -2.96. The number of fused-ring (bicyclic) bond motifs is 1. The Morgan fingerprint density at radius 3 is 2.52 bits per heavy atom. The maximum Gasteiger partial charge on any atom is 0.327 e. The molecule has 0 saturated heterocycles. The Labute approximate surface area is 143 Å². The van der Waals surface area contributed by atoms with E-state index in [1.54, 1.807) is 24.5 Å². The van der Waals surface area contributed by atoms with Crippen molar-refractivity contribution in [2.75, 3.05) is 5.32 Å². The molecule has 0 radical (unpaired) electrons. The van der Waals surface area contributed by atoms with Gasteiger partial charge in [0, 0.05) is 36.0 Å². The first-order valence-corrected chi connectivity index (χ1v) is 8.15. The summed E-state index contributed by atoms with van der Waals surface area (Å²) in [6, 6.07) is 3.59. The molecule has 4 rings (SSSR count). The summed E-state index contributed by atoms with van der Waals surface area (Å²) < 4.78 is 0. The van der Waals surface area contributed by atoms with E-state index in [1.165, 1.54) is 0 Å². The number of carbonyl (C=O) groups is 1. The topological polar surface area (TPSA) is 108 Å². The third kappa shape index (κ3) is 2.52. The van der Waals surface area contributed by atoms with E-state index in [1.807, 2.05) is 13.8 Å². The van der Waals surface area contributed by atoms with Gasteiger partial charge in [0.2, 0.25) is 0 Å². The van der Waals surface area contributed by atoms with E-state index in [4.69, 9.17) is 0 Å². The predicted octanol–water partition coefficient (Wildman–Crippen LogP) is 1.66. The quantitative estimate of drug-likeness (QED) is 0.733.